The second-order valence-corrected chi connectivity index (χ2v) is 5.70. The van der Waals surface area contributed by atoms with E-state index >= 15 is 0 Å². The lowest BCUT2D eigenvalue weighted by molar-refractivity contribution is -0.120. The molecule has 1 aliphatic rings. The van der Waals surface area contributed by atoms with Gasteiger partial charge in [-0.05, 0) is 31.8 Å². The molecule has 1 aliphatic heterocycles. The van der Waals surface area contributed by atoms with E-state index in [4.69, 9.17) is 5.11 Å². The lowest BCUT2D eigenvalue weighted by Crippen LogP contribution is -2.39. The number of hydrogen-bond acceptors (Lipinski definition) is 5. The van der Waals surface area contributed by atoms with Crippen LogP contribution < -0.4 is 21.3 Å². The number of aliphatic hydroxyl groups is 1. The van der Waals surface area contributed by atoms with E-state index in [0.29, 0.717) is 25.5 Å². The van der Waals surface area contributed by atoms with Gasteiger partial charge in [0, 0.05) is 45.8 Å². The van der Waals surface area contributed by atoms with Gasteiger partial charge < -0.3 is 26.4 Å². The molecular weight excluding hydrogens is 268 g/mol. The van der Waals surface area contributed by atoms with E-state index < -0.39 is 0 Å². The molecule has 1 amide bonds. The summed E-state index contributed by atoms with van der Waals surface area (Å²) in [6.07, 6.45) is 4.91. The molecule has 1 unspecified atom stereocenters. The SMILES string of the molecule is O=C1CCNCCNCC(CCCCCO)CNCCN1. The van der Waals surface area contributed by atoms with Gasteiger partial charge in [0.1, 0.15) is 0 Å². The first-order valence-corrected chi connectivity index (χ1v) is 8.32. The molecule has 0 aromatic heterocycles. The van der Waals surface area contributed by atoms with Gasteiger partial charge in [-0.2, -0.15) is 0 Å². The molecule has 0 aromatic carbocycles. The Kier molecular flexibility index (Phi) is 11.4. The highest BCUT2D eigenvalue weighted by atomic mass is 16.2. The maximum absolute atomic E-state index is 11.5. The standard InChI is InChI=1S/C15H32N4O2/c20-11-3-1-2-4-14-12-17-8-7-16-6-5-15(21)19-10-9-18-13-14/h14,16-18,20H,1-13H2,(H,19,21). The first-order valence-electron chi connectivity index (χ1n) is 8.32. The highest BCUT2D eigenvalue weighted by Gasteiger charge is 2.09. The van der Waals surface area contributed by atoms with Crippen molar-refractivity contribution in [2.45, 2.75) is 32.1 Å². The fourth-order valence-corrected chi connectivity index (χ4v) is 2.49. The fraction of sp³-hybridized carbons (Fsp3) is 0.933. The normalized spacial score (nSPS) is 23.3. The van der Waals surface area contributed by atoms with Crippen LogP contribution in [0.1, 0.15) is 32.1 Å². The summed E-state index contributed by atoms with van der Waals surface area (Å²) < 4.78 is 0. The summed E-state index contributed by atoms with van der Waals surface area (Å²) in [6, 6.07) is 0. The third-order valence-electron chi connectivity index (χ3n) is 3.77. The Morgan fingerprint density at radius 3 is 2.38 bits per heavy atom. The molecule has 1 fully saturated rings. The minimum absolute atomic E-state index is 0.120. The molecule has 0 aliphatic carbocycles. The molecule has 0 saturated carbocycles. The molecule has 6 heteroatoms. The Morgan fingerprint density at radius 1 is 0.905 bits per heavy atom. The molecule has 0 spiro atoms. The molecule has 0 aromatic rings. The van der Waals surface area contributed by atoms with Gasteiger partial charge in [0.25, 0.3) is 0 Å². The molecule has 1 atom stereocenters. The van der Waals surface area contributed by atoms with Crippen LogP contribution in [0.2, 0.25) is 0 Å². The summed E-state index contributed by atoms with van der Waals surface area (Å²) in [6.45, 7) is 6.41. The summed E-state index contributed by atoms with van der Waals surface area (Å²) in [4.78, 5) is 11.5. The Hall–Kier alpha value is -0.690. The van der Waals surface area contributed by atoms with Crippen LogP contribution in [0, 0.1) is 5.92 Å². The number of aliphatic hydroxyl groups excluding tert-OH is 1. The fourth-order valence-electron chi connectivity index (χ4n) is 2.49. The Morgan fingerprint density at radius 2 is 1.62 bits per heavy atom. The van der Waals surface area contributed by atoms with Crippen LogP contribution in [-0.4, -0.2) is 63.4 Å². The zero-order valence-electron chi connectivity index (χ0n) is 13.1. The second kappa shape index (κ2) is 13.0. The molecule has 1 rings (SSSR count). The van der Waals surface area contributed by atoms with Gasteiger partial charge in [-0.25, -0.2) is 0 Å². The molecule has 6 nitrogen and oxygen atoms in total. The van der Waals surface area contributed by atoms with Crippen LogP contribution in [0.25, 0.3) is 0 Å². The van der Waals surface area contributed by atoms with Crippen LogP contribution in [0.15, 0.2) is 0 Å². The third kappa shape index (κ3) is 10.6. The van der Waals surface area contributed by atoms with E-state index in [0.717, 1.165) is 52.1 Å². The van der Waals surface area contributed by atoms with Gasteiger partial charge in [0.15, 0.2) is 0 Å². The van der Waals surface area contributed by atoms with Crippen molar-refractivity contribution in [3.05, 3.63) is 0 Å². The lowest BCUT2D eigenvalue weighted by Gasteiger charge is -2.19. The predicted octanol–water partition coefficient (Wildman–Crippen LogP) is -0.556. The topological polar surface area (TPSA) is 85.4 Å². The summed E-state index contributed by atoms with van der Waals surface area (Å²) in [5.41, 5.74) is 0. The molecule has 124 valence electrons. The Bertz CT molecular complexity index is 264. The minimum atomic E-state index is 0.120. The maximum atomic E-state index is 11.5. The first kappa shape index (κ1) is 18.4. The molecule has 1 saturated heterocycles. The van der Waals surface area contributed by atoms with Crippen molar-refractivity contribution in [1.82, 2.24) is 21.3 Å². The van der Waals surface area contributed by atoms with Crippen LogP contribution in [0.4, 0.5) is 0 Å². The number of carbonyl (C=O) groups is 1. The van der Waals surface area contributed by atoms with Gasteiger partial charge in [0.2, 0.25) is 5.91 Å². The van der Waals surface area contributed by atoms with Crippen molar-refractivity contribution in [2.24, 2.45) is 5.92 Å². The van der Waals surface area contributed by atoms with Gasteiger partial charge in [-0.3, -0.25) is 4.79 Å². The monoisotopic (exact) mass is 300 g/mol. The zero-order chi connectivity index (χ0) is 15.2. The number of hydrogen-bond donors (Lipinski definition) is 5. The van der Waals surface area contributed by atoms with Gasteiger partial charge in [-0.1, -0.05) is 12.8 Å². The Balaban J connectivity index is 2.25. The maximum Gasteiger partial charge on any atom is 0.221 e. The minimum Gasteiger partial charge on any atom is -0.396 e. The average Bonchev–Trinajstić information content (AvgIpc) is 2.48. The van der Waals surface area contributed by atoms with Crippen molar-refractivity contribution in [3.63, 3.8) is 0 Å². The van der Waals surface area contributed by atoms with Gasteiger partial charge in [-0.15, -0.1) is 0 Å². The number of rotatable bonds is 5. The quantitative estimate of drug-likeness (QED) is 0.440. The predicted molar refractivity (Wildman–Crippen MR) is 85.3 cm³/mol. The van der Waals surface area contributed by atoms with E-state index in [1.807, 2.05) is 0 Å². The van der Waals surface area contributed by atoms with Crippen molar-refractivity contribution < 1.29 is 9.90 Å². The first-order chi connectivity index (χ1) is 10.3. The molecular formula is C15H32N4O2. The van der Waals surface area contributed by atoms with Crippen molar-refractivity contribution in [3.8, 4) is 0 Å². The molecule has 1 heterocycles. The second-order valence-electron chi connectivity index (χ2n) is 5.70. The van der Waals surface area contributed by atoms with Crippen molar-refractivity contribution in [2.75, 3.05) is 52.4 Å². The molecule has 21 heavy (non-hydrogen) atoms. The van der Waals surface area contributed by atoms with E-state index in [1.54, 1.807) is 0 Å². The zero-order valence-corrected chi connectivity index (χ0v) is 13.1. The molecule has 5 N–H and O–H groups in total. The summed E-state index contributed by atoms with van der Waals surface area (Å²) in [5.74, 6) is 0.734. The van der Waals surface area contributed by atoms with E-state index in [1.165, 1.54) is 12.8 Å². The third-order valence-corrected chi connectivity index (χ3v) is 3.77. The highest BCUT2D eigenvalue weighted by molar-refractivity contribution is 5.76. The van der Waals surface area contributed by atoms with E-state index in [9.17, 15) is 4.79 Å². The van der Waals surface area contributed by atoms with Crippen molar-refractivity contribution >= 4 is 5.91 Å². The smallest absolute Gasteiger partial charge is 0.221 e. The number of unbranched alkanes of at least 4 members (excludes halogenated alkanes) is 2. The molecule has 0 bridgehead atoms. The summed E-state index contributed by atoms with van der Waals surface area (Å²) in [7, 11) is 0. The van der Waals surface area contributed by atoms with Gasteiger partial charge >= 0.3 is 0 Å². The highest BCUT2D eigenvalue weighted by Crippen LogP contribution is 2.08. The van der Waals surface area contributed by atoms with E-state index in [2.05, 4.69) is 21.3 Å². The van der Waals surface area contributed by atoms with Gasteiger partial charge in [0.05, 0.1) is 0 Å². The average molecular weight is 300 g/mol. The summed E-state index contributed by atoms with van der Waals surface area (Å²) in [5, 5.41) is 21.9. The van der Waals surface area contributed by atoms with Crippen molar-refractivity contribution in [1.29, 1.82) is 0 Å². The molecule has 0 radical (unpaired) electrons. The Labute approximate surface area is 128 Å². The van der Waals surface area contributed by atoms with E-state index in [-0.39, 0.29) is 5.91 Å². The number of nitrogens with one attached hydrogen (secondary N) is 4. The summed E-state index contributed by atoms with van der Waals surface area (Å²) >= 11 is 0. The lowest BCUT2D eigenvalue weighted by atomic mass is 10.0. The van der Waals surface area contributed by atoms with Crippen LogP contribution in [-0.2, 0) is 4.79 Å². The number of amides is 1. The largest absolute Gasteiger partial charge is 0.396 e. The van der Waals surface area contributed by atoms with Crippen LogP contribution >= 0.6 is 0 Å². The van der Waals surface area contributed by atoms with Crippen LogP contribution in [0.3, 0.4) is 0 Å². The van der Waals surface area contributed by atoms with Crippen LogP contribution in [0.5, 0.6) is 0 Å². The number of carbonyl (C=O) groups excluding carboxylic acids is 1.